The highest BCUT2D eigenvalue weighted by Crippen LogP contribution is 2.55. The minimum atomic E-state index is -0.608. The zero-order valence-electron chi connectivity index (χ0n) is 15.1. The summed E-state index contributed by atoms with van der Waals surface area (Å²) < 4.78 is 12.0. The highest BCUT2D eigenvalue weighted by atomic mass is 16.6. The average Bonchev–Trinajstić information content (AvgIpc) is 3.30. The molecule has 0 radical (unpaired) electrons. The number of fused-ring (bicyclic) bond motifs is 3. The minimum absolute atomic E-state index is 0.110. The molecule has 2 aliphatic heterocycles. The number of hydrogen-bond donors (Lipinski definition) is 0. The average molecular weight is 343 g/mol. The first-order valence-electron chi connectivity index (χ1n) is 9.07. The smallest absolute Gasteiger partial charge is 0.410 e. The number of amides is 1. The molecule has 2 fully saturated rings. The van der Waals surface area contributed by atoms with Gasteiger partial charge < -0.3 is 14.4 Å². The van der Waals surface area contributed by atoms with Gasteiger partial charge in [0, 0.05) is 12.5 Å². The fourth-order valence-electron chi connectivity index (χ4n) is 4.24. The number of ether oxygens (including phenoxy) is 2. The summed E-state index contributed by atoms with van der Waals surface area (Å²) in [5.41, 5.74) is -0.489. The Labute approximate surface area is 148 Å². The van der Waals surface area contributed by atoms with Gasteiger partial charge >= 0.3 is 6.09 Å². The maximum absolute atomic E-state index is 12.7. The predicted molar refractivity (Wildman–Crippen MR) is 92.8 cm³/mol. The van der Waals surface area contributed by atoms with E-state index < -0.39 is 11.2 Å². The quantitative estimate of drug-likeness (QED) is 0.721. The van der Waals surface area contributed by atoms with Crippen molar-refractivity contribution in [3.63, 3.8) is 0 Å². The Morgan fingerprint density at radius 1 is 1.32 bits per heavy atom. The number of hydrogen-bond acceptors (Lipinski definition) is 4. The topological polar surface area (TPSA) is 55.8 Å². The number of carbonyl (C=O) groups excluding carboxylic acids is 2. The summed E-state index contributed by atoms with van der Waals surface area (Å²) in [6.07, 6.45) is 2.05. The van der Waals surface area contributed by atoms with Crippen LogP contribution < -0.4 is 4.74 Å². The second kappa shape index (κ2) is 5.48. The highest BCUT2D eigenvalue weighted by Gasteiger charge is 2.59. The van der Waals surface area contributed by atoms with Gasteiger partial charge in [-0.25, -0.2) is 4.79 Å². The van der Waals surface area contributed by atoms with Gasteiger partial charge in [0.1, 0.15) is 17.0 Å². The molecular formula is C20H25NO4. The lowest BCUT2D eigenvalue weighted by atomic mass is 9.85. The predicted octanol–water partition coefficient (Wildman–Crippen LogP) is 3.67. The summed E-state index contributed by atoms with van der Waals surface area (Å²) in [5.74, 6) is 1.64. The number of nitrogens with zero attached hydrogens (tertiary/aromatic N) is 1. The van der Waals surface area contributed by atoms with Crippen LogP contribution in [-0.2, 0) is 4.74 Å². The molecule has 1 amide bonds. The van der Waals surface area contributed by atoms with Crippen molar-refractivity contribution in [1.29, 1.82) is 0 Å². The standard InChI is InChI=1S/C20H25NO4/c1-19(2,3)25-18(23)21-9-8-13-10-15(13)20(12-21)11-16(22)14-6-4-5-7-17(14)24-20/h4-7,13,15H,8-12H2,1-3H3. The van der Waals surface area contributed by atoms with E-state index in [9.17, 15) is 9.59 Å². The molecule has 2 heterocycles. The van der Waals surface area contributed by atoms with Gasteiger partial charge in [-0.3, -0.25) is 4.79 Å². The molecule has 1 saturated heterocycles. The second-order valence-electron chi connectivity index (χ2n) is 8.56. The van der Waals surface area contributed by atoms with Gasteiger partial charge in [0.25, 0.3) is 0 Å². The molecule has 1 spiro atoms. The molecule has 3 unspecified atom stereocenters. The van der Waals surface area contributed by atoms with Gasteiger partial charge in [0.05, 0.1) is 18.5 Å². The summed E-state index contributed by atoms with van der Waals surface area (Å²) in [4.78, 5) is 27.1. The van der Waals surface area contributed by atoms with Crippen LogP contribution in [0.5, 0.6) is 5.75 Å². The van der Waals surface area contributed by atoms with Crippen LogP contribution in [-0.4, -0.2) is 41.1 Å². The van der Waals surface area contributed by atoms with E-state index in [4.69, 9.17) is 9.47 Å². The summed E-state index contributed by atoms with van der Waals surface area (Å²) in [7, 11) is 0. The van der Waals surface area contributed by atoms with E-state index in [1.165, 1.54) is 0 Å². The number of likely N-dealkylation sites (tertiary alicyclic amines) is 1. The van der Waals surface area contributed by atoms with Crippen LogP contribution in [0.3, 0.4) is 0 Å². The third kappa shape index (κ3) is 3.00. The van der Waals surface area contributed by atoms with Crippen LogP contribution in [0.2, 0.25) is 0 Å². The largest absolute Gasteiger partial charge is 0.484 e. The first kappa shape index (κ1) is 16.4. The molecule has 134 valence electrons. The van der Waals surface area contributed by atoms with Crippen LogP contribution >= 0.6 is 0 Å². The molecule has 1 aromatic carbocycles. The first-order chi connectivity index (χ1) is 11.8. The second-order valence-corrected chi connectivity index (χ2v) is 8.56. The van der Waals surface area contributed by atoms with E-state index in [2.05, 4.69) is 0 Å². The van der Waals surface area contributed by atoms with Crippen molar-refractivity contribution in [2.24, 2.45) is 11.8 Å². The van der Waals surface area contributed by atoms with Gasteiger partial charge in [0.2, 0.25) is 0 Å². The van der Waals surface area contributed by atoms with Crippen LogP contribution in [0, 0.1) is 11.8 Å². The zero-order valence-corrected chi connectivity index (χ0v) is 15.1. The van der Waals surface area contributed by atoms with Crippen molar-refractivity contribution in [2.45, 2.75) is 51.2 Å². The highest BCUT2D eigenvalue weighted by molar-refractivity contribution is 6.00. The zero-order chi connectivity index (χ0) is 17.8. The van der Waals surface area contributed by atoms with E-state index in [1.54, 1.807) is 4.90 Å². The molecule has 1 aromatic rings. The minimum Gasteiger partial charge on any atom is -0.484 e. The fraction of sp³-hybridized carbons (Fsp3) is 0.600. The fourth-order valence-corrected chi connectivity index (χ4v) is 4.24. The Hall–Kier alpha value is -2.04. The Morgan fingerprint density at radius 2 is 2.08 bits per heavy atom. The first-order valence-corrected chi connectivity index (χ1v) is 9.07. The monoisotopic (exact) mass is 343 g/mol. The maximum Gasteiger partial charge on any atom is 0.410 e. The third-order valence-corrected chi connectivity index (χ3v) is 5.44. The van der Waals surface area contributed by atoms with Crippen molar-refractivity contribution in [3.05, 3.63) is 29.8 Å². The molecule has 3 atom stereocenters. The summed E-state index contributed by atoms with van der Waals surface area (Å²) in [6.45, 7) is 6.69. The van der Waals surface area contributed by atoms with Crippen molar-refractivity contribution < 1.29 is 19.1 Å². The molecule has 5 nitrogen and oxygen atoms in total. The van der Waals surface area contributed by atoms with Crippen molar-refractivity contribution in [2.75, 3.05) is 13.1 Å². The third-order valence-electron chi connectivity index (χ3n) is 5.44. The molecular weight excluding hydrogens is 318 g/mol. The van der Waals surface area contributed by atoms with E-state index >= 15 is 0 Å². The van der Waals surface area contributed by atoms with Gasteiger partial charge in [0.15, 0.2) is 5.78 Å². The molecule has 1 saturated carbocycles. The lowest BCUT2D eigenvalue weighted by Gasteiger charge is -2.40. The number of Topliss-reactive ketones (excluding diaryl/α,β-unsaturated/α-hetero) is 1. The van der Waals surface area contributed by atoms with Crippen LogP contribution in [0.25, 0.3) is 0 Å². The maximum atomic E-state index is 12.7. The van der Waals surface area contributed by atoms with E-state index in [0.717, 1.165) is 12.8 Å². The number of rotatable bonds is 0. The van der Waals surface area contributed by atoms with Crippen molar-refractivity contribution >= 4 is 11.9 Å². The molecule has 5 heteroatoms. The SMILES string of the molecule is CC(C)(C)OC(=O)N1CCC2CC2C2(CC(=O)c3ccccc3O2)C1. The van der Waals surface area contributed by atoms with Crippen molar-refractivity contribution in [3.8, 4) is 5.75 Å². The number of benzene rings is 1. The Morgan fingerprint density at radius 3 is 2.84 bits per heavy atom. The van der Waals surface area contributed by atoms with E-state index in [0.29, 0.717) is 42.7 Å². The van der Waals surface area contributed by atoms with E-state index in [-0.39, 0.29) is 11.9 Å². The number of ketones is 1. The van der Waals surface area contributed by atoms with Crippen molar-refractivity contribution in [1.82, 2.24) is 4.90 Å². The Kier molecular flexibility index (Phi) is 3.60. The molecule has 0 bridgehead atoms. The van der Waals surface area contributed by atoms with Gasteiger partial charge in [-0.05, 0) is 51.7 Å². The molecule has 1 aliphatic carbocycles. The number of para-hydroxylation sites is 1. The van der Waals surface area contributed by atoms with Gasteiger partial charge in [-0.2, -0.15) is 0 Å². The molecule has 4 rings (SSSR count). The normalized spacial score (nSPS) is 30.8. The lowest BCUT2D eigenvalue weighted by molar-refractivity contribution is -0.0166. The summed E-state index contributed by atoms with van der Waals surface area (Å²) in [5, 5.41) is 0. The molecule has 0 N–H and O–H groups in total. The summed E-state index contributed by atoms with van der Waals surface area (Å²) >= 11 is 0. The molecule has 3 aliphatic rings. The van der Waals surface area contributed by atoms with Crippen LogP contribution in [0.4, 0.5) is 4.79 Å². The molecule has 25 heavy (non-hydrogen) atoms. The Bertz CT molecular complexity index is 723. The lowest BCUT2D eigenvalue weighted by Crippen LogP contribution is -2.54. The van der Waals surface area contributed by atoms with Gasteiger partial charge in [-0.15, -0.1) is 0 Å². The van der Waals surface area contributed by atoms with Gasteiger partial charge in [-0.1, -0.05) is 12.1 Å². The molecule has 0 aromatic heterocycles. The number of carbonyl (C=O) groups is 2. The van der Waals surface area contributed by atoms with Crippen LogP contribution in [0.15, 0.2) is 24.3 Å². The Balaban J connectivity index is 1.62. The van der Waals surface area contributed by atoms with Crippen LogP contribution in [0.1, 0.15) is 50.4 Å². The summed E-state index contributed by atoms with van der Waals surface area (Å²) in [6, 6.07) is 7.42. The van der Waals surface area contributed by atoms with E-state index in [1.807, 2.05) is 45.0 Å².